The molecule has 1 atom stereocenters. The Morgan fingerprint density at radius 2 is 1.67 bits per heavy atom. The van der Waals surface area contributed by atoms with E-state index in [1.807, 2.05) is 41.1 Å². The number of tetrazole rings is 1. The zero-order valence-electron chi connectivity index (χ0n) is 21.1. The van der Waals surface area contributed by atoms with Gasteiger partial charge in [0.2, 0.25) is 17.5 Å². The van der Waals surface area contributed by atoms with Gasteiger partial charge in [0.25, 0.3) is 0 Å². The Bertz CT molecular complexity index is 1150. The van der Waals surface area contributed by atoms with Gasteiger partial charge in [-0.3, -0.25) is 4.79 Å². The number of amides is 1. The molecule has 2 aromatic carbocycles. The Labute approximate surface area is 210 Å². The van der Waals surface area contributed by atoms with Gasteiger partial charge in [0.15, 0.2) is 17.5 Å². The molecule has 1 fully saturated rings. The van der Waals surface area contributed by atoms with Crippen molar-refractivity contribution >= 4 is 5.91 Å². The Morgan fingerprint density at radius 1 is 1.03 bits per heavy atom. The molecule has 1 saturated heterocycles. The average molecular weight is 498 g/mol. The second-order valence-corrected chi connectivity index (χ2v) is 8.77. The zero-order chi connectivity index (χ0) is 25.7. The maximum atomic E-state index is 11.8. The smallest absolute Gasteiger partial charge is 0.220 e. The summed E-state index contributed by atoms with van der Waals surface area (Å²) < 4.78 is 23.9. The van der Waals surface area contributed by atoms with Crippen LogP contribution in [-0.2, 0) is 11.3 Å². The fraction of sp³-hybridized carbons (Fsp3) is 0.440. The summed E-state index contributed by atoms with van der Waals surface area (Å²) in [5.74, 6) is 2.74. The molecular weight excluding hydrogens is 464 g/mol. The molecule has 0 aliphatic carbocycles. The molecule has 1 aliphatic heterocycles. The lowest BCUT2D eigenvalue weighted by Gasteiger charge is -2.33. The van der Waals surface area contributed by atoms with Crippen LogP contribution in [0.4, 0.5) is 0 Å². The van der Waals surface area contributed by atoms with Gasteiger partial charge in [-0.05, 0) is 40.3 Å². The van der Waals surface area contributed by atoms with Gasteiger partial charge in [0.1, 0.15) is 5.75 Å². The van der Waals surface area contributed by atoms with Gasteiger partial charge in [0.05, 0.1) is 48.1 Å². The Kier molecular flexibility index (Phi) is 7.89. The van der Waals surface area contributed by atoms with Crippen LogP contribution in [0.1, 0.15) is 35.8 Å². The van der Waals surface area contributed by atoms with Gasteiger partial charge in [-0.2, -0.15) is 0 Å². The number of methoxy groups -OCH3 is 4. The number of nitrogens with zero attached hydrogens (tertiary/aromatic N) is 4. The third kappa shape index (κ3) is 5.20. The summed E-state index contributed by atoms with van der Waals surface area (Å²) in [4.78, 5) is 13.0. The van der Waals surface area contributed by atoms with Gasteiger partial charge in [-0.25, -0.2) is 4.68 Å². The van der Waals surface area contributed by atoms with E-state index in [0.29, 0.717) is 42.5 Å². The molecule has 192 valence electrons. The molecule has 1 aliphatic rings. The minimum Gasteiger partial charge on any atom is -0.497 e. The predicted octanol–water partition coefficient (Wildman–Crippen LogP) is 0.625. The summed E-state index contributed by atoms with van der Waals surface area (Å²) >= 11 is 0. The highest BCUT2D eigenvalue weighted by Gasteiger charge is 2.37. The van der Waals surface area contributed by atoms with Gasteiger partial charge in [0, 0.05) is 24.3 Å². The second kappa shape index (κ2) is 11.3. The molecule has 1 aromatic heterocycles. The number of ether oxygens (including phenoxy) is 4. The number of carbonyl (C=O) groups is 1. The van der Waals surface area contributed by atoms with Crippen LogP contribution < -0.4 is 29.6 Å². The number of hydrogen-bond acceptors (Lipinski definition) is 8. The lowest BCUT2D eigenvalue weighted by atomic mass is 9.93. The molecule has 36 heavy (non-hydrogen) atoms. The summed E-state index contributed by atoms with van der Waals surface area (Å²) in [5.41, 5.74) is 7.55. The molecule has 0 spiro atoms. The number of primary amides is 1. The van der Waals surface area contributed by atoms with E-state index in [1.165, 1.54) is 4.90 Å². The van der Waals surface area contributed by atoms with E-state index in [4.69, 9.17) is 24.7 Å². The monoisotopic (exact) mass is 497 g/mol. The van der Waals surface area contributed by atoms with E-state index in [0.717, 1.165) is 30.0 Å². The number of benzene rings is 2. The number of rotatable bonds is 10. The number of nitrogens with one attached hydrogen (secondary N) is 1. The molecule has 2 heterocycles. The van der Waals surface area contributed by atoms with Crippen molar-refractivity contribution in [3.63, 3.8) is 0 Å². The summed E-state index contributed by atoms with van der Waals surface area (Å²) in [7, 11) is 6.40. The lowest BCUT2D eigenvalue weighted by molar-refractivity contribution is -0.931. The molecule has 0 radical (unpaired) electrons. The first-order valence-electron chi connectivity index (χ1n) is 11.8. The Balaban J connectivity index is 1.75. The van der Waals surface area contributed by atoms with Crippen LogP contribution in [-0.4, -0.2) is 67.6 Å². The molecule has 0 bridgehead atoms. The molecular formula is C25H33N6O5+. The number of carbonyl (C=O) groups excluding carboxylic acids is 1. The topological polar surface area (TPSA) is 128 Å². The maximum absolute atomic E-state index is 11.8. The number of nitrogens with two attached hydrogens (primary N) is 1. The lowest BCUT2D eigenvalue weighted by Crippen LogP contribution is -3.13. The van der Waals surface area contributed by atoms with E-state index in [-0.39, 0.29) is 17.9 Å². The largest absolute Gasteiger partial charge is 0.497 e. The van der Waals surface area contributed by atoms with Crippen LogP contribution in [0.5, 0.6) is 23.0 Å². The first kappa shape index (κ1) is 25.2. The van der Waals surface area contributed by atoms with Crippen LogP contribution in [0.15, 0.2) is 36.4 Å². The van der Waals surface area contributed by atoms with Crippen LogP contribution in [0.25, 0.3) is 0 Å². The van der Waals surface area contributed by atoms with Crippen molar-refractivity contribution in [1.29, 1.82) is 0 Å². The van der Waals surface area contributed by atoms with Gasteiger partial charge < -0.3 is 29.6 Å². The van der Waals surface area contributed by atoms with Crippen molar-refractivity contribution in [2.75, 3.05) is 41.5 Å². The summed E-state index contributed by atoms with van der Waals surface area (Å²) in [6.45, 7) is 1.97. The summed E-state index contributed by atoms with van der Waals surface area (Å²) in [6.07, 6.45) is 1.40. The predicted molar refractivity (Wildman–Crippen MR) is 130 cm³/mol. The van der Waals surface area contributed by atoms with Crippen LogP contribution in [0, 0.1) is 5.92 Å². The highest BCUT2D eigenvalue weighted by atomic mass is 16.5. The van der Waals surface area contributed by atoms with Crippen molar-refractivity contribution in [3.8, 4) is 23.0 Å². The first-order valence-corrected chi connectivity index (χ1v) is 11.8. The molecule has 0 saturated carbocycles. The molecule has 3 N–H and O–H groups in total. The molecule has 3 aromatic rings. The van der Waals surface area contributed by atoms with Crippen molar-refractivity contribution < 1.29 is 28.6 Å². The first-order chi connectivity index (χ1) is 17.5. The quantitative estimate of drug-likeness (QED) is 0.417. The van der Waals surface area contributed by atoms with Gasteiger partial charge >= 0.3 is 0 Å². The standard InChI is InChI=1S/C25H32N6O5/c1-33-19-7-5-16(6-8-19)15-31-25(27-28-29-31)22(30-11-9-17(10-12-30)24(26)32)18-13-20(34-2)23(36-4)21(14-18)35-3/h5-8,13-14,17,22H,9-12,15H2,1-4H3,(H2,26,32)/p+1/t22-/m1/s1. The SMILES string of the molecule is COc1ccc(Cn2nnnc2[C@@H](c2cc(OC)c(OC)c(OC)c2)[NH+]2CCC(C(N)=O)CC2)cc1. The molecule has 1 amide bonds. The molecule has 11 nitrogen and oxygen atoms in total. The minimum absolute atomic E-state index is 0.121. The Hall–Kier alpha value is -3.86. The number of quaternary nitrogens is 1. The van der Waals surface area contributed by atoms with Crippen LogP contribution >= 0.6 is 0 Å². The fourth-order valence-corrected chi connectivity index (χ4v) is 4.83. The van der Waals surface area contributed by atoms with Crippen molar-refractivity contribution in [1.82, 2.24) is 20.2 Å². The van der Waals surface area contributed by atoms with E-state index < -0.39 is 0 Å². The van der Waals surface area contributed by atoms with Crippen molar-refractivity contribution in [2.24, 2.45) is 11.7 Å². The zero-order valence-corrected chi connectivity index (χ0v) is 21.1. The van der Waals surface area contributed by atoms with Crippen molar-refractivity contribution in [2.45, 2.75) is 25.4 Å². The minimum atomic E-state index is -0.247. The molecule has 11 heteroatoms. The van der Waals surface area contributed by atoms with E-state index in [1.54, 1.807) is 28.4 Å². The summed E-state index contributed by atoms with van der Waals surface area (Å²) in [5, 5.41) is 12.8. The third-order valence-corrected chi connectivity index (χ3v) is 6.77. The highest BCUT2D eigenvalue weighted by Crippen LogP contribution is 2.40. The number of piperidine rings is 1. The third-order valence-electron chi connectivity index (χ3n) is 6.77. The normalized spacial score (nSPS) is 18.3. The average Bonchev–Trinajstić information content (AvgIpc) is 3.36. The van der Waals surface area contributed by atoms with E-state index in [9.17, 15) is 4.79 Å². The van der Waals surface area contributed by atoms with E-state index in [2.05, 4.69) is 15.5 Å². The fourth-order valence-electron chi connectivity index (χ4n) is 4.83. The summed E-state index contributed by atoms with van der Waals surface area (Å²) in [6, 6.07) is 11.4. The highest BCUT2D eigenvalue weighted by molar-refractivity contribution is 5.76. The Morgan fingerprint density at radius 3 is 2.19 bits per heavy atom. The van der Waals surface area contributed by atoms with Gasteiger partial charge in [-0.1, -0.05) is 12.1 Å². The molecule has 0 unspecified atom stereocenters. The second-order valence-electron chi connectivity index (χ2n) is 8.77. The maximum Gasteiger partial charge on any atom is 0.220 e. The van der Waals surface area contributed by atoms with E-state index >= 15 is 0 Å². The molecule has 4 rings (SSSR count). The van der Waals surface area contributed by atoms with Gasteiger partial charge in [-0.15, -0.1) is 5.10 Å². The van der Waals surface area contributed by atoms with Crippen LogP contribution in [0.2, 0.25) is 0 Å². The van der Waals surface area contributed by atoms with Crippen molar-refractivity contribution in [3.05, 3.63) is 53.3 Å². The number of likely N-dealkylation sites (tertiary alicyclic amines) is 1. The number of hydrogen-bond donors (Lipinski definition) is 2. The van der Waals surface area contributed by atoms with Crippen LogP contribution in [0.3, 0.4) is 0 Å². The number of aromatic nitrogens is 4.